The van der Waals surface area contributed by atoms with E-state index in [0.29, 0.717) is 5.56 Å². The summed E-state index contributed by atoms with van der Waals surface area (Å²) in [5.41, 5.74) is 1.29. The fourth-order valence-electron chi connectivity index (χ4n) is 1.62. The predicted molar refractivity (Wildman–Crippen MR) is 73.9 cm³/mol. The molecule has 1 aromatic carbocycles. The number of anilines is 1. The molecule has 4 heteroatoms. The molecule has 0 amide bonds. The molecule has 0 aromatic heterocycles. The van der Waals surface area contributed by atoms with E-state index < -0.39 is 0 Å². The van der Waals surface area contributed by atoms with Gasteiger partial charge in [0.25, 0.3) is 0 Å². The molecule has 0 fully saturated rings. The first-order valence-corrected chi connectivity index (χ1v) is 6.34. The maximum atomic E-state index is 11.6. The number of hydrogen-bond acceptors (Lipinski definition) is 4. The fraction of sp³-hybridized carbons (Fsp3) is 0.462. The first-order valence-electron chi connectivity index (χ1n) is 5.82. The molecule has 0 saturated carbocycles. The molecule has 0 aliphatic carbocycles. The zero-order chi connectivity index (χ0) is 12.8. The summed E-state index contributed by atoms with van der Waals surface area (Å²) in [5, 5.41) is 0. The van der Waals surface area contributed by atoms with Crippen LogP contribution < -0.4 is 4.90 Å². The predicted octanol–water partition coefficient (Wildman–Crippen LogP) is 2.97. The summed E-state index contributed by atoms with van der Waals surface area (Å²) < 4.78 is 5.00. The van der Waals surface area contributed by atoms with Crippen LogP contribution in [0.3, 0.4) is 0 Å². The van der Waals surface area contributed by atoms with E-state index in [0.717, 1.165) is 18.8 Å². The average Bonchev–Trinajstić information content (AvgIpc) is 2.30. The van der Waals surface area contributed by atoms with Crippen LogP contribution in [0.25, 0.3) is 0 Å². The van der Waals surface area contributed by atoms with Gasteiger partial charge in [0, 0.05) is 18.8 Å². The number of hydrogen-bond donors (Lipinski definition) is 1. The lowest BCUT2D eigenvalue weighted by Gasteiger charge is -2.21. The van der Waals surface area contributed by atoms with Crippen LogP contribution in [0.15, 0.2) is 24.3 Å². The van der Waals surface area contributed by atoms with Crippen molar-refractivity contribution < 1.29 is 9.53 Å². The van der Waals surface area contributed by atoms with Crippen LogP contribution in [0.5, 0.6) is 0 Å². The van der Waals surface area contributed by atoms with E-state index >= 15 is 0 Å². The zero-order valence-electron chi connectivity index (χ0n) is 10.5. The molecule has 0 aliphatic heterocycles. The van der Waals surface area contributed by atoms with E-state index in [-0.39, 0.29) is 11.4 Å². The third-order valence-corrected chi connectivity index (χ3v) is 2.61. The van der Waals surface area contributed by atoms with Crippen LogP contribution in [0, 0.1) is 0 Å². The molecule has 3 nitrogen and oxygen atoms in total. The Morgan fingerprint density at radius 2 is 1.82 bits per heavy atom. The SMILES string of the molecule is CCN(CC)c1ccc(C(=O)OC(C)S)cc1. The Morgan fingerprint density at radius 3 is 2.24 bits per heavy atom. The number of nitrogens with zero attached hydrogens (tertiary/aromatic N) is 1. The molecule has 0 radical (unpaired) electrons. The molecule has 1 unspecified atom stereocenters. The quantitative estimate of drug-likeness (QED) is 0.497. The number of benzene rings is 1. The van der Waals surface area contributed by atoms with Gasteiger partial charge in [0.1, 0.15) is 5.44 Å². The van der Waals surface area contributed by atoms with Crippen molar-refractivity contribution in [3.05, 3.63) is 29.8 Å². The van der Waals surface area contributed by atoms with E-state index in [1.54, 1.807) is 19.1 Å². The summed E-state index contributed by atoms with van der Waals surface area (Å²) in [5.74, 6) is -0.335. The topological polar surface area (TPSA) is 29.5 Å². The third kappa shape index (κ3) is 3.97. The Hall–Kier alpha value is -1.16. The largest absolute Gasteiger partial charge is 0.448 e. The smallest absolute Gasteiger partial charge is 0.339 e. The summed E-state index contributed by atoms with van der Waals surface area (Å²) in [6, 6.07) is 7.44. The van der Waals surface area contributed by atoms with E-state index in [4.69, 9.17) is 4.74 Å². The van der Waals surface area contributed by atoms with Gasteiger partial charge in [-0.25, -0.2) is 4.79 Å². The minimum Gasteiger partial charge on any atom is -0.448 e. The Morgan fingerprint density at radius 1 is 1.29 bits per heavy atom. The molecule has 0 saturated heterocycles. The van der Waals surface area contributed by atoms with Gasteiger partial charge in [-0.05, 0) is 45.0 Å². The lowest BCUT2D eigenvalue weighted by atomic mass is 10.2. The minimum absolute atomic E-state index is 0.335. The van der Waals surface area contributed by atoms with Gasteiger partial charge in [-0.2, -0.15) is 0 Å². The third-order valence-electron chi connectivity index (χ3n) is 2.51. The van der Waals surface area contributed by atoms with Crippen molar-refractivity contribution in [2.75, 3.05) is 18.0 Å². The molecular formula is C13H19NO2S. The van der Waals surface area contributed by atoms with Crippen LogP contribution >= 0.6 is 12.6 Å². The molecule has 1 aromatic rings. The number of carbonyl (C=O) groups is 1. The van der Waals surface area contributed by atoms with Crippen molar-refractivity contribution in [3.63, 3.8) is 0 Å². The highest BCUT2D eigenvalue weighted by Gasteiger charge is 2.10. The monoisotopic (exact) mass is 253 g/mol. The molecule has 0 heterocycles. The number of carbonyl (C=O) groups excluding carboxylic acids is 1. The maximum absolute atomic E-state index is 11.6. The van der Waals surface area contributed by atoms with Gasteiger partial charge in [0.2, 0.25) is 0 Å². The summed E-state index contributed by atoms with van der Waals surface area (Å²) in [4.78, 5) is 13.8. The summed E-state index contributed by atoms with van der Waals surface area (Å²) >= 11 is 4.02. The van der Waals surface area contributed by atoms with Crippen LogP contribution in [0.4, 0.5) is 5.69 Å². The standard InChI is InChI=1S/C13H19NO2S/c1-4-14(5-2)12-8-6-11(7-9-12)13(15)16-10(3)17/h6-10,17H,4-5H2,1-3H3. The highest BCUT2D eigenvalue weighted by atomic mass is 32.1. The van der Waals surface area contributed by atoms with Gasteiger partial charge in [0.05, 0.1) is 5.56 Å². The van der Waals surface area contributed by atoms with Crippen LogP contribution in [-0.2, 0) is 4.74 Å². The Kier molecular flexibility index (Phi) is 5.35. The van der Waals surface area contributed by atoms with E-state index in [9.17, 15) is 4.79 Å². The lowest BCUT2D eigenvalue weighted by molar-refractivity contribution is 0.0484. The molecule has 0 bridgehead atoms. The van der Waals surface area contributed by atoms with E-state index in [1.165, 1.54) is 0 Å². The molecule has 94 valence electrons. The van der Waals surface area contributed by atoms with Gasteiger partial charge < -0.3 is 9.64 Å². The highest BCUT2D eigenvalue weighted by molar-refractivity contribution is 7.80. The van der Waals surface area contributed by atoms with E-state index in [2.05, 4.69) is 31.4 Å². The van der Waals surface area contributed by atoms with Crippen molar-refractivity contribution in [2.45, 2.75) is 26.2 Å². The van der Waals surface area contributed by atoms with Crippen molar-refractivity contribution in [1.82, 2.24) is 0 Å². The van der Waals surface area contributed by atoms with Gasteiger partial charge in [-0.3, -0.25) is 0 Å². The molecular weight excluding hydrogens is 234 g/mol. The number of esters is 1. The van der Waals surface area contributed by atoms with E-state index in [1.807, 2.05) is 12.1 Å². The summed E-state index contributed by atoms with van der Waals surface area (Å²) in [6.07, 6.45) is 0. The fourth-order valence-corrected chi connectivity index (χ4v) is 1.72. The van der Waals surface area contributed by atoms with Gasteiger partial charge in [-0.15, -0.1) is 12.6 Å². The lowest BCUT2D eigenvalue weighted by Crippen LogP contribution is -2.21. The van der Waals surface area contributed by atoms with Crippen molar-refractivity contribution in [2.24, 2.45) is 0 Å². The minimum atomic E-state index is -0.384. The first kappa shape index (κ1) is 13.9. The molecule has 0 N–H and O–H groups in total. The first-order chi connectivity index (χ1) is 8.08. The average molecular weight is 253 g/mol. The second-order valence-corrected chi connectivity index (χ2v) is 4.45. The van der Waals surface area contributed by atoms with Gasteiger partial charge in [-0.1, -0.05) is 0 Å². The second kappa shape index (κ2) is 6.55. The number of thiol groups is 1. The van der Waals surface area contributed by atoms with Crippen LogP contribution in [0.1, 0.15) is 31.1 Å². The Bertz CT molecular complexity index is 358. The zero-order valence-corrected chi connectivity index (χ0v) is 11.4. The molecule has 17 heavy (non-hydrogen) atoms. The maximum Gasteiger partial charge on any atom is 0.339 e. The Balaban J connectivity index is 2.77. The summed E-state index contributed by atoms with van der Waals surface area (Å²) in [6.45, 7) is 7.83. The van der Waals surface area contributed by atoms with Crippen molar-refractivity contribution >= 4 is 24.3 Å². The number of rotatable bonds is 5. The summed E-state index contributed by atoms with van der Waals surface area (Å²) in [7, 11) is 0. The molecule has 0 spiro atoms. The second-order valence-electron chi connectivity index (χ2n) is 3.72. The molecule has 1 atom stereocenters. The van der Waals surface area contributed by atoms with Crippen LogP contribution in [0.2, 0.25) is 0 Å². The highest BCUT2D eigenvalue weighted by Crippen LogP contribution is 2.16. The Labute approximate surface area is 108 Å². The normalized spacial score (nSPS) is 12.0. The van der Waals surface area contributed by atoms with Gasteiger partial charge >= 0.3 is 5.97 Å². The molecule has 1 rings (SSSR count). The van der Waals surface area contributed by atoms with Gasteiger partial charge in [0.15, 0.2) is 0 Å². The van der Waals surface area contributed by atoms with Crippen molar-refractivity contribution in [1.29, 1.82) is 0 Å². The van der Waals surface area contributed by atoms with Crippen molar-refractivity contribution in [3.8, 4) is 0 Å². The number of ether oxygens (including phenoxy) is 1. The molecule has 0 aliphatic rings. The van der Waals surface area contributed by atoms with Crippen LogP contribution in [-0.4, -0.2) is 24.5 Å².